The molecule has 1 aliphatic rings. The van der Waals surface area contributed by atoms with E-state index in [0.717, 1.165) is 23.7 Å². The molecule has 3 nitrogen and oxygen atoms in total. The quantitative estimate of drug-likeness (QED) is 0.914. The molecule has 2 unspecified atom stereocenters. The fraction of sp³-hybridized carbons (Fsp3) is 0.583. The molecule has 2 heterocycles. The van der Waals surface area contributed by atoms with Crippen LogP contribution in [0.15, 0.2) is 12.1 Å². The molecular weight excluding hydrogens is 258 g/mol. The van der Waals surface area contributed by atoms with Gasteiger partial charge in [-0.1, -0.05) is 11.6 Å². The molecule has 1 fully saturated rings. The smallest absolute Gasteiger partial charge is 0.304 e. The minimum absolute atomic E-state index is 0.170. The SMILES string of the molecule is CC(c1ccc(Cl)s1)N1CCCC1CC(=O)O. The molecule has 1 N–H and O–H groups in total. The van der Waals surface area contributed by atoms with Gasteiger partial charge in [0.15, 0.2) is 0 Å². The molecule has 0 amide bonds. The summed E-state index contributed by atoms with van der Waals surface area (Å²) < 4.78 is 0.792. The van der Waals surface area contributed by atoms with E-state index < -0.39 is 5.97 Å². The first-order valence-corrected chi connectivity index (χ1v) is 7.00. The second-order valence-electron chi connectivity index (χ2n) is 4.45. The lowest BCUT2D eigenvalue weighted by Gasteiger charge is -2.29. The third-order valence-electron chi connectivity index (χ3n) is 3.34. The predicted octanol–water partition coefficient (Wildman–Crippen LogP) is 3.40. The molecule has 1 aromatic rings. The number of carboxylic acid groups (broad SMARTS) is 1. The van der Waals surface area contributed by atoms with Gasteiger partial charge in [0.05, 0.1) is 10.8 Å². The Labute approximate surface area is 110 Å². The highest BCUT2D eigenvalue weighted by Crippen LogP contribution is 2.35. The molecule has 0 aliphatic carbocycles. The lowest BCUT2D eigenvalue weighted by atomic mass is 10.1. The summed E-state index contributed by atoms with van der Waals surface area (Å²) in [5.41, 5.74) is 0. The predicted molar refractivity (Wildman–Crippen MR) is 69.7 cm³/mol. The number of aliphatic carboxylic acids is 1. The second kappa shape index (κ2) is 5.38. The van der Waals surface area contributed by atoms with Crippen LogP contribution in [0.1, 0.15) is 37.1 Å². The van der Waals surface area contributed by atoms with E-state index in [1.807, 2.05) is 12.1 Å². The molecule has 2 atom stereocenters. The van der Waals surface area contributed by atoms with E-state index in [1.54, 1.807) is 11.3 Å². The normalized spacial score (nSPS) is 22.8. The summed E-state index contributed by atoms with van der Waals surface area (Å²) in [5, 5.41) is 8.90. The fourth-order valence-electron chi connectivity index (χ4n) is 2.50. The standard InChI is InChI=1S/C12H16ClNO2S/c1-8(10-4-5-11(13)17-10)14-6-2-3-9(14)7-12(15)16/h4-5,8-9H,2-3,6-7H2,1H3,(H,15,16). The van der Waals surface area contributed by atoms with Crippen molar-refractivity contribution >= 4 is 28.9 Å². The summed E-state index contributed by atoms with van der Waals surface area (Å²) in [6.07, 6.45) is 2.31. The van der Waals surface area contributed by atoms with Crippen LogP contribution in [0.3, 0.4) is 0 Å². The number of likely N-dealkylation sites (tertiary alicyclic amines) is 1. The molecule has 0 bridgehead atoms. The van der Waals surface area contributed by atoms with E-state index in [2.05, 4.69) is 11.8 Å². The van der Waals surface area contributed by atoms with Crippen LogP contribution in [0.4, 0.5) is 0 Å². The summed E-state index contributed by atoms with van der Waals surface area (Å²) in [6.45, 7) is 3.11. The Morgan fingerprint density at radius 2 is 2.47 bits per heavy atom. The van der Waals surface area contributed by atoms with Gasteiger partial charge in [0.25, 0.3) is 0 Å². The van der Waals surface area contributed by atoms with Gasteiger partial charge >= 0.3 is 5.97 Å². The average molecular weight is 274 g/mol. The Balaban J connectivity index is 2.07. The Morgan fingerprint density at radius 3 is 3.06 bits per heavy atom. The van der Waals surface area contributed by atoms with Gasteiger partial charge in [-0.3, -0.25) is 9.69 Å². The summed E-state index contributed by atoms with van der Waals surface area (Å²) >= 11 is 7.52. The van der Waals surface area contributed by atoms with Gasteiger partial charge in [-0.15, -0.1) is 11.3 Å². The lowest BCUT2D eigenvalue weighted by Crippen LogP contribution is -2.33. The first-order chi connectivity index (χ1) is 8.08. The number of thiophene rings is 1. The molecule has 1 aliphatic heterocycles. The third-order valence-corrected chi connectivity index (χ3v) is 4.74. The number of hydrogen-bond acceptors (Lipinski definition) is 3. The molecule has 94 valence electrons. The number of halogens is 1. The summed E-state index contributed by atoms with van der Waals surface area (Å²) in [4.78, 5) is 14.3. The first kappa shape index (κ1) is 12.9. The molecule has 5 heteroatoms. The topological polar surface area (TPSA) is 40.5 Å². The van der Waals surface area contributed by atoms with E-state index in [1.165, 1.54) is 4.88 Å². The van der Waals surface area contributed by atoms with Crippen molar-refractivity contribution in [3.63, 3.8) is 0 Å². The van der Waals surface area contributed by atoms with Crippen LogP contribution in [0.2, 0.25) is 4.34 Å². The zero-order chi connectivity index (χ0) is 12.4. The Hall–Kier alpha value is -0.580. The maximum Gasteiger partial charge on any atom is 0.304 e. The molecule has 0 saturated carbocycles. The van der Waals surface area contributed by atoms with Crippen LogP contribution in [0.5, 0.6) is 0 Å². The zero-order valence-electron chi connectivity index (χ0n) is 9.73. The monoisotopic (exact) mass is 273 g/mol. The molecule has 0 aromatic carbocycles. The minimum atomic E-state index is -0.710. The highest BCUT2D eigenvalue weighted by molar-refractivity contribution is 7.16. The van der Waals surface area contributed by atoms with Crippen molar-refractivity contribution in [3.8, 4) is 0 Å². The van der Waals surface area contributed by atoms with Crippen molar-refractivity contribution < 1.29 is 9.90 Å². The first-order valence-electron chi connectivity index (χ1n) is 5.80. The van der Waals surface area contributed by atoms with Gasteiger partial charge in [0.2, 0.25) is 0 Å². The van der Waals surface area contributed by atoms with E-state index in [4.69, 9.17) is 16.7 Å². The Morgan fingerprint density at radius 1 is 1.71 bits per heavy atom. The van der Waals surface area contributed by atoms with Crippen LogP contribution in [0.25, 0.3) is 0 Å². The molecular formula is C12H16ClNO2S. The van der Waals surface area contributed by atoms with Gasteiger partial charge in [0, 0.05) is 17.0 Å². The van der Waals surface area contributed by atoms with Crippen LogP contribution in [-0.2, 0) is 4.79 Å². The Bertz CT molecular complexity index is 407. The highest BCUT2D eigenvalue weighted by atomic mass is 35.5. The third kappa shape index (κ3) is 3.00. The van der Waals surface area contributed by atoms with Crippen LogP contribution in [-0.4, -0.2) is 28.6 Å². The van der Waals surface area contributed by atoms with Crippen LogP contribution in [0, 0.1) is 0 Å². The van der Waals surface area contributed by atoms with Crippen LogP contribution >= 0.6 is 22.9 Å². The number of carboxylic acids is 1. The number of hydrogen-bond donors (Lipinski definition) is 1. The molecule has 1 saturated heterocycles. The molecule has 0 spiro atoms. The highest BCUT2D eigenvalue weighted by Gasteiger charge is 2.31. The number of nitrogens with zero attached hydrogens (tertiary/aromatic N) is 1. The maximum atomic E-state index is 10.8. The van der Waals surface area contributed by atoms with Crippen LogP contribution < -0.4 is 0 Å². The van der Waals surface area contributed by atoms with Crippen molar-refractivity contribution in [2.24, 2.45) is 0 Å². The van der Waals surface area contributed by atoms with Crippen molar-refractivity contribution in [1.82, 2.24) is 4.90 Å². The minimum Gasteiger partial charge on any atom is -0.481 e. The second-order valence-corrected chi connectivity index (χ2v) is 6.20. The van der Waals surface area contributed by atoms with Crippen molar-refractivity contribution in [1.29, 1.82) is 0 Å². The lowest BCUT2D eigenvalue weighted by molar-refractivity contribution is -0.138. The molecule has 0 radical (unpaired) electrons. The Kier molecular flexibility index (Phi) is 4.07. The summed E-state index contributed by atoms with van der Waals surface area (Å²) in [6, 6.07) is 4.37. The van der Waals surface area contributed by atoms with Gasteiger partial charge < -0.3 is 5.11 Å². The van der Waals surface area contributed by atoms with Gasteiger partial charge in [0.1, 0.15) is 0 Å². The average Bonchev–Trinajstić information content (AvgIpc) is 2.85. The zero-order valence-corrected chi connectivity index (χ0v) is 11.3. The molecule has 17 heavy (non-hydrogen) atoms. The number of carbonyl (C=O) groups is 1. The maximum absolute atomic E-state index is 10.8. The molecule has 2 rings (SSSR count). The van der Waals surface area contributed by atoms with Crippen molar-refractivity contribution in [2.75, 3.05) is 6.54 Å². The van der Waals surface area contributed by atoms with E-state index in [0.29, 0.717) is 0 Å². The van der Waals surface area contributed by atoms with E-state index >= 15 is 0 Å². The van der Waals surface area contributed by atoms with E-state index in [9.17, 15) is 4.79 Å². The van der Waals surface area contributed by atoms with Gasteiger partial charge in [-0.05, 0) is 38.4 Å². The fourth-order valence-corrected chi connectivity index (χ4v) is 3.64. The van der Waals surface area contributed by atoms with Crippen molar-refractivity contribution in [3.05, 3.63) is 21.3 Å². The van der Waals surface area contributed by atoms with Crippen molar-refractivity contribution in [2.45, 2.75) is 38.3 Å². The van der Waals surface area contributed by atoms with Gasteiger partial charge in [-0.2, -0.15) is 0 Å². The largest absolute Gasteiger partial charge is 0.481 e. The van der Waals surface area contributed by atoms with E-state index in [-0.39, 0.29) is 18.5 Å². The number of rotatable bonds is 4. The van der Waals surface area contributed by atoms with Gasteiger partial charge in [-0.25, -0.2) is 0 Å². The molecule has 1 aromatic heterocycles. The summed E-state index contributed by atoms with van der Waals surface area (Å²) in [5.74, 6) is -0.710. The summed E-state index contributed by atoms with van der Waals surface area (Å²) in [7, 11) is 0.